The number of anilines is 1. The third kappa shape index (κ3) is 2.74. The average Bonchev–Trinajstić information content (AvgIpc) is 2.29. The molecule has 0 aromatic heterocycles. The molecule has 0 saturated carbocycles. The van der Waals surface area contributed by atoms with Crippen LogP contribution in [0.5, 0.6) is 0 Å². The summed E-state index contributed by atoms with van der Waals surface area (Å²) in [6.07, 6.45) is 0. The second kappa shape index (κ2) is 5.53. The molecule has 1 N–H and O–H groups in total. The number of benzene rings is 1. The minimum Gasteiger partial charge on any atom is -0.381 e. The van der Waals surface area contributed by atoms with Gasteiger partial charge in [0.15, 0.2) is 5.54 Å². The summed E-state index contributed by atoms with van der Waals surface area (Å²) in [4.78, 5) is 0. The largest absolute Gasteiger partial charge is 0.381 e. The third-order valence-corrected chi connectivity index (χ3v) is 2.70. The van der Waals surface area contributed by atoms with Gasteiger partial charge in [-0.25, -0.2) is 0 Å². The summed E-state index contributed by atoms with van der Waals surface area (Å²) < 4.78 is 5.15. The van der Waals surface area contributed by atoms with Crippen molar-refractivity contribution >= 4 is 5.69 Å². The maximum Gasteiger partial charge on any atom is 0.151 e. The number of hydrogen-bond acceptors (Lipinski definition) is 3. The molecule has 1 rings (SSSR count). The van der Waals surface area contributed by atoms with Gasteiger partial charge in [-0.1, -0.05) is 32.0 Å². The van der Waals surface area contributed by atoms with E-state index in [1.807, 2.05) is 44.2 Å². The van der Waals surface area contributed by atoms with Crippen LogP contribution in [0.3, 0.4) is 0 Å². The number of hydrogen-bond donors (Lipinski definition) is 1. The lowest BCUT2D eigenvalue weighted by molar-refractivity contribution is 0.144. The van der Waals surface area contributed by atoms with E-state index >= 15 is 0 Å². The molecule has 0 saturated heterocycles. The molecule has 0 amide bonds. The molecule has 0 aliphatic carbocycles. The zero-order chi connectivity index (χ0) is 12.0. The van der Waals surface area contributed by atoms with Crippen molar-refractivity contribution in [2.75, 3.05) is 19.0 Å². The summed E-state index contributed by atoms with van der Waals surface area (Å²) in [7, 11) is 1.61. The van der Waals surface area contributed by atoms with Crippen LogP contribution < -0.4 is 5.32 Å². The van der Waals surface area contributed by atoms with Crippen LogP contribution in [0.1, 0.15) is 13.8 Å². The Balaban J connectivity index is 2.91. The molecular formula is C13H18N2O. The van der Waals surface area contributed by atoms with Crippen LogP contribution in [-0.4, -0.2) is 19.3 Å². The van der Waals surface area contributed by atoms with E-state index in [0.717, 1.165) is 5.69 Å². The Kier molecular flexibility index (Phi) is 4.33. The molecule has 1 unspecified atom stereocenters. The van der Waals surface area contributed by atoms with Crippen LogP contribution in [0.15, 0.2) is 30.3 Å². The van der Waals surface area contributed by atoms with Gasteiger partial charge >= 0.3 is 0 Å². The summed E-state index contributed by atoms with van der Waals surface area (Å²) in [6, 6.07) is 12.1. The van der Waals surface area contributed by atoms with Gasteiger partial charge in [-0.3, -0.25) is 0 Å². The van der Waals surface area contributed by atoms with E-state index < -0.39 is 5.54 Å². The first-order valence-corrected chi connectivity index (χ1v) is 5.38. The van der Waals surface area contributed by atoms with Gasteiger partial charge in [0.25, 0.3) is 0 Å². The molecule has 0 aliphatic rings. The number of nitrogens with zero attached hydrogens (tertiary/aromatic N) is 1. The van der Waals surface area contributed by atoms with Crippen molar-refractivity contribution in [3.8, 4) is 6.07 Å². The van der Waals surface area contributed by atoms with Crippen molar-refractivity contribution in [3.63, 3.8) is 0 Å². The van der Waals surface area contributed by atoms with Crippen molar-refractivity contribution in [3.05, 3.63) is 30.3 Å². The summed E-state index contributed by atoms with van der Waals surface area (Å²) >= 11 is 0. The van der Waals surface area contributed by atoms with Gasteiger partial charge in [0.05, 0.1) is 12.7 Å². The highest BCUT2D eigenvalue weighted by Crippen LogP contribution is 2.23. The summed E-state index contributed by atoms with van der Waals surface area (Å²) in [5, 5.41) is 12.6. The first-order valence-electron chi connectivity index (χ1n) is 5.38. The molecular weight excluding hydrogens is 200 g/mol. The van der Waals surface area contributed by atoms with Crippen molar-refractivity contribution in [1.82, 2.24) is 0 Å². The fourth-order valence-electron chi connectivity index (χ4n) is 1.54. The fourth-order valence-corrected chi connectivity index (χ4v) is 1.54. The van der Waals surface area contributed by atoms with Crippen LogP contribution in [0.25, 0.3) is 0 Å². The van der Waals surface area contributed by atoms with Crippen LogP contribution in [-0.2, 0) is 4.74 Å². The van der Waals surface area contributed by atoms with Gasteiger partial charge in [0.2, 0.25) is 0 Å². The Bertz CT molecular complexity index is 356. The SMILES string of the molecule is COCC(C#N)(Nc1ccccc1)C(C)C. The van der Waals surface area contributed by atoms with E-state index in [1.165, 1.54) is 0 Å². The Morgan fingerprint density at radius 3 is 2.44 bits per heavy atom. The first-order chi connectivity index (χ1) is 7.64. The average molecular weight is 218 g/mol. The highest BCUT2D eigenvalue weighted by atomic mass is 16.5. The number of para-hydroxylation sites is 1. The third-order valence-electron chi connectivity index (χ3n) is 2.70. The monoisotopic (exact) mass is 218 g/mol. The Morgan fingerprint density at radius 2 is 2.00 bits per heavy atom. The van der Waals surface area contributed by atoms with E-state index in [4.69, 9.17) is 4.74 Å². The molecule has 3 nitrogen and oxygen atoms in total. The predicted octanol–water partition coefficient (Wildman–Crippen LogP) is 2.66. The van der Waals surface area contributed by atoms with E-state index in [0.29, 0.717) is 6.61 Å². The van der Waals surface area contributed by atoms with Gasteiger partial charge in [0.1, 0.15) is 0 Å². The van der Waals surface area contributed by atoms with Crippen LogP contribution in [0.2, 0.25) is 0 Å². The normalized spacial score (nSPS) is 14.2. The quantitative estimate of drug-likeness (QED) is 0.826. The van der Waals surface area contributed by atoms with Gasteiger partial charge in [-0.15, -0.1) is 0 Å². The number of methoxy groups -OCH3 is 1. The highest BCUT2D eigenvalue weighted by molar-refractivity contribution is 5.47. The molecule has 0 radical (unpaired) electrons. The lowest BCUT2D eigenvalue weighted by Gasteiger charge is -2.32. The molecule has 16 heavy (non-hydrogen) atoms. The minimum absolute atomic E-state index is 0.164. The fraction of sp³-hybridized carbons (Fsp3) is 0.462. The molecule has 0 bridgehead atoms. The molecule has 0 fully saturated rings. The lowest BCUT2D eigenvalue weighted by atomic mass is 9.88. The molecule has 0 aliphatic heterocycles. The van der Waals surface area contributed by atoms with Crippen molar-refractivity contribution in [1.29, 1.82) is 5.26 Å². The van der Waals surface area contributed by atoms with E-state index in [2.05, 4.69) is 11.4 Å². The number of nitrogens with one attached hydrogen (secondary N) is 1. The van der Waals surface area contributed by atoms with Crippen molar-refractivity contribution in [2.45, 2.75) is 19.4 Å². The van der Waals surface area contributed by atoms with Gasteiger partial charge in [-0.2, -0.15) is 5.26 Å². The standard InChI is InChI=1S/C13H18N2O/c1-11(2)13(9-14,10-16-3)15-12-7-5-4-6-8-12/h4-8,11,15H,10H2,1-3H3. The molecule has 1 aromatic carbocycles. The Labute approximate surface area is 97.0 Å². The first kappa shape index (κ1) is 12.5. The van der Waals surface area contributed by atoms with E-state index in [9.17, 15) is 5.26 Å². The molecule has 1 aromatic rings. The van der Waals surface area contributed by atoms with Crippen molar-refractivity contribution < 1.29 is 4.74 Å². The molecule has 86 valence electrons. The summed E-state index contributed by atoms with van der Waals surface area (Å²) in [5.74, 6) is 0.164. The summed E-state index contributed by atoms with van der Waals surface area (Å²) in [5.41, 5.74) is 0.269. The van der Waals surface area contributed by atoms with Crippen LogP contribution >= 0.6 is 0 Å². The Morgan fingerprint density at radius 1 is 1.38 bits per heavy atom. The zero-order valence-electron chi connectivity index (χ0n) is 10.0. The zero-order valence-corrected chi connectivity index (χ0v) is 10.0. The topological polar surface area (TPSA) is 45.0 Å². The maximum absolute atomic E-state index is 9.35. The van der Waals surface area contributed by atoms with Gasteiger partial charge < -0.3 is 10.1 Å². The lowest BCUT2D eigenvalue weighted by Crippen LogP contribution is -2.46. The predicted molar refractivity (Wildman–Crippen MR) is 65.1 cm³/mol. The number of ether oxygens (including phenoxy) is 1. The molecule has 1 atom stereocenters. The van der Waals surface area contributed by atoms with Crippen molar-refractivity contribution in [2.24, 2.45) is 5.92 Å². The smallest absolute Gasteiger partial charge is 0.151 e. The molecule has 0 spiro atoms. The second-order valence-electron chi connectivity index (χ2n) is 4.16. The van der Waals surface area contributed by atoms with E-state index in [-0.39, 0.29) is 5.92 Å². The minimum atomic E-state index is -0.671. The van der Waals surface area contributed by atoms with Crippen LogP contribution in [0, 0.1) is 17.2 Å². The summed E-state index contributed by atoms with van der Waals surface area (Å²) in [6.45, 7) is 4.40. The van der Waals surface area contributed by atoms with E-state index in [1.54, 1.807) is 7.11 Å². The van der Waals surface area contributed by atoms with Gasteiger partial charge in [0, 0.05) is 12.8 Å². The Hall–Kier alpha value is -1.53. The second-order valence-corrected chi connectivity index (χ2v) is 4.16. The number of rotatable bonds is 5. The molecule has 3 heteroatoms. The molecule has 0 heterocycles. The van der Waals surface area contributed by atoms with Crippen LogP contribution in [0.4, 0.5) is 5.69 Å². The maximum atomic E-state index is 9.35. The highest BCUT2D eigenvalue weighted by Gasteiger charge is 2.33. The number of nitriles is 1. The van der Waals surface area contributed by atoms with Gasteiger partial charge in [-0.05, 0) is 18.1 Å².